The lowest BCUT2D eigenvalue weighted by Gasteiger charge is -2.42. The standard InChI is InChI=1S/C15H19BrN4O4/c16-10-3-13(20(23)24)15(17-6-10)18-11-4-12(5-11)19(8-14(21)22)7-9-1-2-9/h3,6,9,11-12H,1-2,4-5,7-8H2,(H,17,18)(H,21,22). The molecular formula is C15H19BrN4O4. The van der Waals surface area contributed by atoms with Gasteiger partial charge in [0, 0.05) is 35.4 Å². The van der Waals surface area contributed by atoms with E-state index >= 15 is 0 Å². The Balaban J connectivity index is 1.58. The van der Waals surface area contributed by atoms with Crippen molar-refractivity contribution in [3.63, 3.8) is 0 Å². The van der Waals surface area contributed by atoms with Crippen molar-refractivity contribution in [1.82, 2.24) is 9.88 Å². The van der Waals surface area contributed by atoms with E-state index in [0.717, 1.165) is 19.4 Å². The van der Waals surface area contributed by atoms with Crippen molar-refractivity contribution in [3.05, 3.63) is 26.9 Å². The average molecular weight is 399 g/mol. The largest absolute Gasteiger partial charge is 0.480 e. The number of rotatable bonds is 8. The number of hydrogen-bond acceptors (Lipinski definition) is 6. The van der Waals surface area contributed by atoms with Gasteiger partial charge in [-0.1, -0.05) is 0 Å². The van der Waals surface area contributed by atoms with Gasteiger partial charge >= 0.3 is 11.7 Å². The molecule has 0 aliphatic heterocycles. The van der Waals surface area contributed by atoms with Crippen molar-refractivity contribution in [2.45, 2.75) is 37.8 Å². The van der Waals surface area contributed by atoms with E-state index in [4.69, 9.17) is 5.11 Å². The molecule has 2 N–H and O–H groups in total. The Morgan fingerprint density at radius 3 is 2.79 bits per heavy atom. The second kappa shape index (κ2) is 7.02. The third-order valence-corrected chi connectivity index (χ3v) is 4.96. The smallest absolute Gasteiger partial charge is 0.317 e. The quantitative estimate of drug-likeness (QED) is 0.511. The van der Waals surface area contributed by atoms with Gasteiger partial charge < -0.3 is 10.4 Å². The molecule has 0 amide bonds. The highest BCUT2D eigenvalue weighted by atomic mass is 79.9. The molecule has 2 aliphatic rings. The minimum atomic E-state index is -0.808. The van der Waals surface area contributed by atoms with Crippen LogP contribution in [0, 0.1) is 16.0 Å². The Bertz CT molecular complexity index is 646. The van der Waals surface area contributed by atoms with Crippen molar-refractivity contribution in [2.75, 3.05) is 18.4 Å². The fraction of sp³-hybridized carbons (Fsp3) is 0.600. The Hall–Kier alpha value is -1.74. The van der Waals surface area contributed by atoms with E-state index in [-0.39, 0.29) is 30.1 Å². The number of halogens is 1. The zero-order chi connectivity index (χ0) is 17.3. The highest BCUT2D eigenvalue weighted by Crippen LogP contribution is 2.35. The number of hydrogen-bond donors (Lipinski definition) is 2. The van der Waals surface area contributed by atoms with Crippen LogP contribution in [0.25, 0.3) is 0 Å². The number of carbonyl (C=O) groups is 1. The molecule has 3 rings (SSSR count). The molecule has 1 aromatic heterocycles. The van der Waals surface area contributed by atoms with Crippen molar-refractivity contribution < 1.29 is 14.8 Å². The molecule has 0 spiro atoms. The first-order valence-electron chi connectivity index (χ1n) is 7.94. The van der Waals surface area contributed by atoms with E-state index in [1.54, 1.807) is 0 Å². The first-order chi connectivity index (χ1) is 11.4. The van der Waals surface area contributed by atoms with Crippen LogP contribution in [0.15, 0.2) is 16.7 Å². The number of nitrogens with zero attached hydrogens (tertiary/aromatic N) is 3. The van der Waals surface area contributed by atoms with Crippen LogP contribution < -0.4 is 5.32 Å². The highest BCUT2D eigenvalue weighted by Gasteiger charge is 2.38. The summed E-state index contributed by atoms with van der Waals surface area (Å²) in [5.74, 6) is 0.0847. The molecule has 1 heterocycles. The average Bonchev–Trinajstić information content (AvgIpc) is 3.26. The van der Waals surface area contributed by atoms with Gasteiger partial charge in [0.25, 0.3) is 0 Å². The lowest BCUT2D eigenvalue weighted by Crippen LogP contribution is -2.52. The molecular weight excluding hydrogens is 380 g/mol. The van der Waals surface area contributed by atoms with Crippen LogP contribution in [0.1, 0.15) is 25.7 Å². The fourth-order valence-electron chi connectivity index (χ4n) is 3.02. The SMILES string of the molecule is O=C(O)CN(CC1CC1)C1CC(Nc2ncc(Br)cc2[N+](=O)[O-])C1. The lowest BCUT2D eigenvalue weighted by molar-refractivity contribution is -0.384. The first-order valence-corrected chi connectivity index (χ1v) is 8.74. The van der Waals surface area contributed by atoms with Crippen molar-refractivity contribution in [2.24, 2.45) is 5.92 Å². The zero-order valence-electron chi connectivity index (χ0n) is 13.0. The number of pyridine rings is 1. The van der Waals surface area contributed by atoms with Gasteiger partial charge in [-0.2, -0.15) is 0 Å². The summed E-state index contributed by atoms with van der Waals surface area (Å²) in [5.41, 5.74) is -0.0619. The summed E-state index contributed by atoms with van der Waals surface area (Å²) in [6.45, 7) is 0.894. The Labute approximate surface area is 147 Å². The zero-order valence-corrected chi connectivity index (χ0v) is 14.6. The van der Waals surface area contributed by atoms with Crippen molar-refractivity contribution in [3.8, 4) is 0 Å². The molecule has 2 aliphatic carbocycles. The van der Waals surface area contributed by atoms with E-state index in [1.165, 1.54) is 25.1 Å². The Kier molecular flexibility index (Phi) is 5.00. The van der Waals surface area contributed by atoms with E-state index < -0.39 is 10.9 Å². The van der Waals surface area contributed by atoms with Gasteiger partial charge in [-0.3, -0.25) is 19.8 Å². The number of aromatic nitrogens is 1. The second-order valence-electron chi connectivity index (χ2n) is 6.51. The number of carboxylic acid groups (broad SMARTS) is 1. The van der Waals surface area contributed by atoms with Crippen molar-refractivity contribution >= 4 is 33.4 Å². The minimum Gasteiger partial charge on any atom is -0.480 e. The summed E-state index contributed by atoms with van der Waals surface area (Å²) >= 11 is 3.19. The molecule has 0 aromatic carbocycles. The first kappa shape index (κ1) is 17.1. The number of nitrogens with one attached hydrogen (secondary N) is 1. The second-order valence-corrected chi connectivity index (χ2v) is 7.43. The van der Waals surface area contributed by atoms with Crippen LogP contribution in [0.4, 0.5) is 11.5 Å². The maximum Gasteiger partial charge on any atom is 0.317 e. The van der Waals surface area contributed by atoms with Crippen LogP contribution in [0.5, 0.6) is 0 Å². The fourth-order valence-corrected chi connectivity index (χ4v) is 3.34. The summed E-state index contributed by atoms with van der Waals surface area (Å²) in [4.78, 5) is 27.8. The maximum absolute atomic E-state index is 11.1. The molecule has 0 bridgehead atoms. The molecule has 9 heteroatoms. The van der Waals surface area contributed by atoms with E-state index in [2.05, 4.69) is 26.2 Å². The molecule has 24 heavy (non-hydrogen) atoms. The third-order valence-electron chi connectivity index (χ3n) is 4.53. The molecule has 2 saturated carbocycles. The van der Waals surface area contributed by atoms with E-state index in [0.29, 0.717) is 10.4 Å². The van der Waals surface area contributed by atoms with Crippen LogP contribution in [-0.2, 0) is 4.79 Å². The third kappa shape index (κ3) is 4.21. The van der Waals surface area contributed by atoms with Gasteiger partial charge in [0.1, 0.15) is 0 Å². The number of aliphatic carboxylic acids is 1. The predicted octanol–water partition coefficient (Wildman–Crippen LogP) is 2.49. The highest BCUT2D eigenvalue weighted by molar-refractivity contribution is 9.10. The topological polar surface area (TPSA) is 109 Å². The van der Waals surface area contributed by atoms with Crippen LogP contribution in [0.3, 0.4) is 0 Å². The van der Waals surface area contributed by atoms with Crippen LogP contribution in [0.2, 0.25) is 0 Å². The van der Waals surface area contributed by atoms with Gasteiger partial charge in [0.05, 0.1) is 11.5 Å². The van der Waals surface area contributed by atoms with Gasteiger partial charge in [-0.25, -0.2) is 4.98 Å². The molecule has 0 saturated heterocycles. The van der Waals surface area contributed by atoms with E-state index in [9.17, 15) is 14.9 Å². The monoisotopic (exact) mass is 398 g/mol. The molecule has 130 valence electrons. The van der Waals surface area contributed by atoms with E-state index in [1.807, 2.05) is 4.90 Å². The number of nitro groups is 1. The minimum absolute atomic E-state index is 0.0601. The molecule has 1 aromatic rings. The summed E-state index contributed by atoms with van der Waals surface area (Å²) in [6, 6.07) is 1.72. The molecule has 8 nitrogen and oxygen atoms in total. The number of anilines is 1. The molecule has 0 unspecified atom stereocenters. The summed E-state index contributed by atoms with van der Waals surface area (Å²) in [5, 5.41) is 23.3. The summed E-state index contributed by atoms with van der Waals surface area (Å²) < 4.78 is 0.559. The predicted molar refractivity (Wildman–Crippen MR) is 91.0 cm³/mol. The van der Waals surface area contributed by atoms with Crippen LogP contribution in [-0.4, -0.2) is 51.1 Å². The van der Waals surface area contributed by atoms with Gasteiger partial charge in [-0.15, -0.1) is 0 Å². The van der Waals surface area contributed by atoms with Gasteiger partial charge in [-0.05, 0) is 47.5 Å². The van der Waals surface area contributed by atoms with Crippen molar-refractivity contribution in [1.29, 1.82) is 0 Å². The maximum atomic E-state index is 11.1. The Morgan fingerprint density at radius 2 is 2.21 bits per heavy atom. The summed E-state index contributed by atoms with van der Waals surface area (Å²) in [6.07, 6.45) is 5.43. The molecule has 0 radical (unpaired) electrons. The summed E-state index contributed by atoms with van der Waals surface area (Å²) in [7, 11) is 0. The van der Waals surface area contributed by atoms with Gasteiger partial charge in [0.2, 0.25) is 5.82 Å². The number of carboxylic acids is 1. The van der Waals surface area contributed by atoms with Gasteiger partial charge in [0.15, 0.2) is 0 Å². The molecule has 2 fully saturated rings. The Morgan fingerprint density at radius 1 is 1.50 bits per heavy atom. The molecule has 0 atom stereocenters. The normalized spacial score (nSPS) is 22.9. The van der Waals surface area contributed by atoms with Crippen LogP contribution >= 0.6 is 15.9 Å². The lowest BCUT2D eigenvalue weighted by atomic mass is 9.85.